The van der Waals surface area contributed by atoms with Gasteiger partial charge < -0.3 is 5.32 Å². The number of carbonyl (C=O) groups is 1. The number of hydrogen-bond acceptors (Lipinski definition) is 3. The lowest BCUT2D eigenvalue weighted by molar-refractivity contribution is -0.120. The fraction of sp³-hybridized carbons (Fsp3) is 0.238. The molecule has 1 N–H and O–H groups in total. The molecule has 3 aromatic rings. The fourth-order valence-corrected chi connectivity index (χ4v) is 3.70. The maximum Gasteiger partial charge on any atom is 0.233 e. The highest BCUT2D eigenvalue weighted by Crippen LogP contribution is 2.27. The molecular formula is C21H22N2OS. The van der Waals surface area contributed by atoms with E-state index in [0.29, 0.717) is 0 Å². The lowest BCUT2D eigenvalue weighted by Gasteiger charge is -2.18. The van der Waals surface area contributed by atoms with Crippen LogP contribution in [0.4, 0.5) is 0 Å². The molecule has 0 bridgehead atoms. The molecular weight excluding hydrogens is 328 g/mol. The number of aryl methyl sites for hydroxylation is 1. The number of amides is 1. The van der Waals surface area contributed by atoms with Gasteiger partial charge in [-0.15, -0.1) is 0 Å². The van der Waals surface area contributed by atoms with E-state index in [4.69, 9.17) is 0 Å². The first kappa shape index (κ1) is 17.5. The van der Waals surface area contributed by atoms with Crippen LogP contribution >= 0.6 is 11.8 Å². The Morgan fingerprint density at radius 2 is 1.72 bits per heavy atom. The van der Waals surface area contributed by atoms with E-state index in [0.717, 1.165) is 21.5 Å². The summed E-state index contributed by atoms with van der Waals surface area (Å²) in [5, 5.41) is 4.91. The minimum atomic E-state index is -0.209. The molecule has 2 unspecified atom stereocenters. The Labute approximate surface area is 152 Å². The molecule has 4 heteroatoms. The third kappa shape index (κ3) is 4.20. The summed E-state index contributed by atoms with van der Waals surface area (Å²) in [5.41, 5.74) is 3.25. The van der Waals surface area contributed by atoms with Crippen molar-refractivity contribution in [1.82, 2.24) is 10.3 Å². The predicted molar refractivity (Wildman–Crippen MR) is 105 cm³/mol. The van der Waals surface area contributed by atoms with Gasteiger partial charge in [0.15, 0.2) is 0 Å². The van der Waals surface area contributed by atoms with Crippen molar-refractivity contribution in [1.29, 1.82) is 0 Å². The van der Waals surface area contributed by atoms with Gasteiger partial charge in [-0.25, -0.2) is 4.98 Å². The number of nitrogens with zero attached hydrogens (tertiary/aromatic N) is 1. The number of hydrogen-bond donors (Lipinski definition) is 1. The van der Waals surface area contributed by atoms with E-state index < -0.39 is 0 Å². The summed E-state index contributed by atoms with van der Waals surface area (Å²) >= 11 is 1.49. The molecule has 1 aromatic heterocycles. The van der Waals surface area contributed by atoms with Crippen LogP contribution in [-0.4, -0.2) is 16.1 Å². The summed E-state index contributed by atoms with van der Waals surface area (Å²) in [7, 11) is 0. The molecule has 0 spiro atoms. The molecule has 0 saturated carbocycles. The number of para-hydroxylation sites is 1. The molecule has 0 saturated heterocycles. The first-order valence-corrected chi connectivity index (χ1v) is 9.31. The van der Waals surface area contributed by atoms with Crippen molar-refractivity contribution < 1.29 is 4.79 Å². The van der Waals surface area contributed by atoms with Crippen LogP contribution in [0.15, 0.2) is 65.7 Å². The number of rotatable bonds is 5. The van der Waals surface area contributed by atoms with Gasteiger partial charge >= 0.3 is 0 Å². The second kappa shape index (κ2) is 7.70. The Balaban J connectivity index is 1.69. The van der Waals surface area contributed by atoms with Crippen molar-refractivity contribution in [3.8, 4) is 0 Å². The van der Waals surface area contributed by atoms with E-state index in [9.17, 15) is 4.79 Å². The topological polar surface area (TPSA) is 42.0 Å². The highest BCUT2D eigenvalue weighted by atomic mass is 32.2. The van der Waals surface area contributed by atoms with Gasteiger partial charge in [0.05, 0.1) is 21.8 Å². The SMILES string of the molecule is Cc1cc(SC(C)C(=O)NC(C)c2ccccc2)nc2ccccc12. The summed E-state index contributed by atoms with van der Waals surface area (Å²) in [6.45, 7) is 6.00. The van der Waals surface area contributed by atoms with Crippen LogP contribution in [-0.2, 0) is 4.79 Å². The number of carbonyl (C=O) groups excluding carboxylic acids is 1. The molecule has 1 amide bonds. The Bertz CT molecular complexity index is 879. The van der Waals surface area contributed by atoms with Crippen molar-refractivity contribution in [2.75, 3.05) is 0 Å². The zero-order valence-electron chi connectivity index (χ0n) is 14.7. The third-order valence-electron chi connectivity index (χ3n) is 4.22. The first-order chi connectivity index (χ1) is 12.0. The van der Waals surface area contributed by atoms with Gasteiger partial charge in [-0.1, -0.05) is 60.3 Å². The number of nitrogens with one attached hydrogen (secondary N) is 1. The zero-order valence-corrected chi connectivity index (χ0v) is 15.5. The summed E-state index contributed by atoms with van der Waals surface area (Å²) in [6.07, 6.45) is 0. The molecule has 0 aliphatic rings. The maximum absolute atomic E-state index is 12.5. The Morgan fingerprint density at radius 3 is 2.48 bits per heavy atom. The zero-order chi connectivity index (χ0) is 17.8. The molecule has 2 atom stereocenters. The first-order valence-electron chi connectivity index (χ1n) is 8.43. The van der Waals surface area contributed by atoms with Crippen molar-refractivity contribution in [3.05, 3.63) is 71.8 Å². The van der Waals surface area contributed by atoms with Gasteiger partial charge in [0.1, 0.15) is 0 Å². The normalized spacial score (nSPS) is 13.4. The Hall–Kier alpha value is -2.33. The highest BCUT2D eigenvalue weighted by Gasteiger charge is 2.18. The molecule has 1 heterocycles. The van der Waals surface area contributed by atoms with Crippen molar-refractivity contribution >= 4 is 28.6 Å². The number of thioether (sulfide) groups is 1. The van der Waals surface area contributed by atoms with Gasteiger partial charge in [-0.2, -0.15) is 0 Å². The molecule has 0 aliphatic carbocycles. The quantitative estimate of drug-likeness (QED) is 0.665. The van der Waals surface area contributed by atoms with Crippen LogP contribution in [0.5, 0.6) is 0 Å². The lowest BCUT2D eigenvalue weighted by Crippen LogP contribution is -2.33. The van der Waals surface area contributed by atoms with Crippen LogP contribution < -0.4 is 5.32 Å². The van der Waals surface area contributed by atoms with E-state index in [1.54, 1.807) is 0 Å². The summed E-state index contributed by atoms with van der Waals surface area (Å²) in [6, 6.07) is 20.1. The average Bonchev–Trinajstić information content (AvgIpc) is 2.62. The molecule has 2 aromatic carbocycles. The van der Waals surface area contributed by atoms with Gasteiger partial charge in [0.25, 0.3) is 0 Å². The van der Waals surface area contributed by atoms with Crippen molar-refractivity contribution in [2.24, 2.45) is 0 Å². The number of benzene rings is 2. The van der Waals surface area contributed by atoms with E-state index in [2.05, 4.69) is 29.4 Å². The summed E-state index contributed by atoms with van der Waals surface area (Å²) < 4.78 is 0. The van der Waals surface area contributed by atoms with Crippen LogP contribution in [0.25, 0.3) is 10.9 Å². The number of pyridine rings is 1. The Morgan fingerprint density at radius 1 is 1.04 bits per heavy atom. The maximum atomic E-state index is 12.5. The van der Waals surface area contributed by atoms with E-state index in [-0.39, 0.29) is 17.2 Å². The van der Waals surface area contributed by atoms with Crippen molar-refractivity contribution in [3.63, 3.8) is 0 Å². The standard InChI is InChI=1S/C21H22N2OS/c1-14-13-20(23-19-12-8-7-11-18(14)19)25-16(3)21(24)22-15(2)17-9-5-4-6-10-17/h4-13,15-16H,1-3H3,(H,22,24). The molecule has 0 fully saturated rings. The van der Waals surface area contributed by atoms with E-state index in [1.807, 2.05) is 62.4 Å². The molecule has 25 heavy (non-hydrogen) atoms. The van der Waals surface area contributed by atoms with Gasteiger partial charge in [0.2, 0.25) is 5.91 Å². The van der Waals surface area contributed by atoms with Gasteiger partial charge in [-0.3, -0.25) is 4.79 Å². The predicted octanol–water partition coefficient (Wildman–Crippen LogP) is 4.90. The second-order valence-electron chi connectivity index (χ2n) is 6.20. The minimum Gasteiger partial charge on any atom is -0.349 e. The average molecular weight is 350 g/mol. The fourth-order valence-electron chi connectivity index (χ4n) is 2.77. The van der Waals surface area contributed by atoms with E-state index >= 15 is 0 Å². The Kier molecular flexibility index (Phi) is 5.39. The lowest BCUT2D eigenvalue weighted by atomic mass is 10.1. The summed E-state index contributed by atoms with van der Waals surface area (Å²) in [5.74, 6) is 0.0222. The van der Waals surface area contributed by atoms with E-state index in [1.165, 1.54) is 17.3 Å². The third-order valence-corrected chi connectivity index (χ3v) is 5.24. The smallest absolute Gasteiger partial charge is 0.233 e. The monoisotopic (exact) mass is 350 g/mol. The van der Waals surface area contributed by atoms with Crippen LogP contribution in [0.1, 0.15) is 31.0 Å². The minimum absolute atomic E-state index is 0.0111. The van der Waals surface area contributed by atoms with Crippen LogP contribution in [0, 0.1) is 6.92 Å². The molecule has 0 radical (unpaired) electrons. The molecule has 128 valence electrons. The van der Waals surface area contributed by atoms with Gasteiger partial charge in [-0.05, 0) is 44.0 Å². The molecule has 3 nitrogen and oxygen atoms in total. The second-order valence-corrected chi connectivity index (χ2v) is 7.56. The number of fused-ring (bicyclic) bond motifs is 1. The van der Waals surface area contributed by atoms with Crippen LogP contribution in [0.2, 0.25) is 0 Å². The molecule has 3 rings (SSSR count). The highest BCUT2D eigenvalue weighted by molar-refractivity contribution is 8.00. The largest absolute Gasteiger partial charge is 0.349 e. The molecule has 0 aliphatic heterocycles. The van der Waals surface area contributed by atoms with Crippen molar-refractivity contribution in [2.45, 2.75) is 37.1 Å². The number of aromatic nitrogens is 1. The summed E-state index contributed by atoms with van der Waals surface area (Å²) in [4.78, 5) is 17.2. The van der Waals surface area contributed by atoms with Gasteiger partial charge in [0, 0.05) is 5.39 Å². The van der Waals surface area contributed by atoms with Crippen LogP contribution in [0.3, 0.4) is 0 Å².